The van der Waals surface area contributed by atoms with Crippen molar-refractivity contribution in [2.24, 2.45) is 0 Å². The van der Waals surface area contributed by atoms with Gasteiger partial charge in [0.25, 0.3) is 0 Å². The van der Waals surface area contributed by atoms with Crippen LogP contribution in [-0.4, -0.2) is 39.1 Å². The molecule has 7 nitrogen and oxygen atoms in total. The Morgan fingerprint density at radius 1 is 1.29 bits per heavy atom. The van der Waals surface area contributed by atoms with Gasteiger partial charge in [-0.05, 0) is 36.6 Å². The number of aliphatic hydroxyl groups is 1. The largest absolute Gasteiger partial charge is 0.393 e. The number of nitro groups is 1. The maximum absolute atomic E-state index is 11.1. The number of nitrogens with one attached hydrogen (secondary N) is 1. The molecule has 1 aromatic heterocycles. The van der Waals surface area contributed by atoms with Gasteiger partial charge in [0.15, 0.2) is 0 Å². The summed E-state index contributed by atoms with van der Waals surface area (Å²) in [6, 6.07) is 10.8. The molecule has 126 valence electrons. The number of piperidine rings is 1. The van der Waals surface area contributed by atoms with Gasteiger partial charge < -0.3 is 10.4 Å². The highest BCUT2D eigenvalue weighted by molar-refractivity contribution is 5.65. The maximum atomic E-state index is 11.1. The van der Waals surface area contributed by atoms with Crippen LogP contribution in [0.15, 0.2) is 42.6 Å². The van der Waals surface area contributed by atoms with E-state index in [0.29, 0.717) is 0 Å². The zero-order valence-electron chi connectivity index (χ0n) is 13.3. The number of aromatic nitrogens is 1. The third-order valence-electron chi connectivity index (χ3n) is 4.14. The highest BCUT2D eigenvalue weighted by atomic mass is 16.6. The monoisotopic (exact) mass is 328 g/mol. The minimum absolute atomic E-state index is 0.0482. The topological polar surface area (TPSA) is 91.5 Å². The van der Waals surface area contributed by atoms with Gasteiger partial charge in [-0.25, -0.2) is 4.98 Å². The summed E-state index contributed by atoms with van der Waals surface area (Å²) in [5.41, 5.74) is 1.84. The van der Waals surface area contributed by atoms with E-state index in [9.17, 15) is 15.2 Å². The molecule has 0 amide bonds. The second kappa shape index (κ2) is 7.37. The molecule has 0 unspecified atom stereocenters. The van der Waals surface area contributed by atoms with Gasteiger partial charge in [0.1, 0.15) is 0 Å². The van der Waals surface area contributed by atoms with Crippen molar-refractivity contribution in [3.63, 3.8) is 0 Å². The van der Waals surface area contributed by atoms with Crippen LogP contribution in [0.25, 0.3) is 0 Å². The van der Waals surface area contributed by atoms with Crippen molar-refractivity contribution in [2.75, 3.05) is 18.4 Å². The first-order chi connectivity index (χ1) is 11.6. The predicted octanol–water partition coefficient (Wildman–Crippen LogP) is 2.69. The lowest BCUT2D eigenvalue weighted by Crippen LogP contribution is -2.35. The summed E-state index contributed by atoms with van der Waals surface area (Å²) in [5.74, 6) is 0.237. The van der Waals surface area contributed by atoms with E-state index in [0.717, 1.165) is 43.7 Å². The third kappa shape index (κ3) is 4.06. The van der Waals surface area contributed by atoms with E-state index in [-0.39, 0.29) is 17.6 Å². The quantitative estimate of drug-likeness (QED) is 0.648. The van der Waals surface area contributed by atoms with Crippen LogP contribution < -0.4 is 5.32 Å². The fourth-order valence-corrected chi connectivity index (χ4v) is 2.86. The first kappa shape index (κ1) is 16.4. The van der Waals surface area contributed by atoms with E-state index in [1.807, 2.05) is 24.3 Å². The Hall–Kier alpha value is -2.51. The number of pyridine rings is 1. The molecule has 7 heteroatoms. The zero-order valence-corrected chi connectivity index (χ0v) is 13.3. The Morgan fingerprint density at radius 2 is 2.08 bits per heavy atom. The SMILES string of the molecule is O=[N+]([O-])c1cccnc1Nc1cccc(CN2CCC(O)CC2)c1. The summed E-state index contributed by atoms with van der Waals surface area (Å²) in [5, 5.41) is 23.7. The number of likely N-dealkylation sites (tertiary alicyclic amines) is 1. The van der Waals surface area contributed by atoms with Gasteiger partial charge in [0.2, 0.25) is 5.82 Å². The van der Waals surface area contributed by atoms with Gasteiger partial charge >= 0.3 is 5.69 Å². The average molecular weight is 328 g/mol. The third-order valence-corrected chi connectivity index (χ3v) is 4.14. The fraction of sp³-hybridized carbons (Fsp3) is 0.353. The fourth-order valence-electron chi connectivity index (χ4n) is 2.86. The minimum Gasteiger partial charge on any atom is -0.393 e. The highest BCUT2D eigenvalue weighted by Gasteiger charge is 2.17. The van der Waals surface area contributed by atoms with Crippen LogP contribution >= 0.6 is 0 Å². The molecule has 1 fully saturated rings. The zero-order chi connectivity index (χ0) is 16.9. The Morgan fingerprint density at radius 3 is 2.83 bits per heavy atom. The number of aliphatic hydroxyl groups excluding tert-OH is 1. The summed E-state index contributed by atoms with van der Waals surface area (Å²) in [6.07, 6.45) is 2.95. The number of nitrogens with zero attached hydrogens (tertiary/aromatic N) is 3. The van der Waals surface area contributed by atoms with Crippen LogP contribution in [0.4, 0.5) is 17.2 Å². The van der Waals surface area contributed by atoms with Crippen LogP contribution in [-0.2, 0) is 6.54 Å². The van der Waals surface area contributed by atoms with Crippen molar-refractivity contribution in [3.05, 3.63) is 58.3 Å². The normalized spacial score (nSPS) is 16.0. The molecule has 2 heterocycles. The summed E-state index contributed by atoms with van der Waals surface area (Å²) >= 11 is 0. The molecule has 3 rings (SSSR count). The molecule has 1 aliphatic heterocycles. The van der Waals surface area contributed by atoms with E-state index >= 15 is 0 Å². The van der Waals surface area contributed by atoms with E-state index in [2.05, 4.69) is 15.2 Å². The maximum Gasteiger partial charge on any atom is 0.311 e. The molecule has 1 aromatic carbocycles. The molecule has 24 heavy (non-hydrogen) atoms. The first-order valence-electron chi connectivity index (χ1n) is 7.97. The van der Waals surface area contributed by atoms with Crippen molar-refractivity contribution < 1.29 is 10.0 Å². The Labute approximate surface area is 140 Å². The van der Waals surface area contributed by atoms with Crippen LogP contribution in [0.3, 0.4) is 0 Å². The van der Waals surface area contributed by atoms with Crippen LogP contribution in [0.5, 0.6) is 0 Å². The van der Waals surface area contributed by atoms with Gasteiger partial charge in [-0.1, -0.05) is 12.1 Å². The van der Waals surface area contributed by atoms with E-state index in [1.165, 1.54) is 12.3 Å². The smallest absolute Gasteiger partial charge is 0.311 e. The highest BCUT2D eigenvalue weighted by Crippen LogP contribution is 2.25. The minimum atomic E-state index is -0.446. The molecular weight excluding hydrogens is 308 g/mol. The van der Waals surface area contributed by atoms with E-state index < -0.39 is 4.92 Å². The second-order valence-electron chi connectivity index (χ2n) is 5.96. The molecule has 0 bridgehead atoms. The molecule has 0 aliphatic carbocycles. The molecule has 0 saturated carbocycles. The lowest BCUT2D eigenvalue weighted by atomic mass is 10.1. The molecule has 2 aromatic rings. The molecule has 2 N–H and O–H groups in total. The summed E-state index contributed by atoms with van der Waals surface area (Å²) in [6.45, 7) is 2.56. The van der Waals surface area contributed by atoms with Gasteiger partial charge in [-0.3, -0.25) is 15.0 Å². The van der Waals surface area contributed by atoms with Gasteiger partial charge in [-0.2, -0.15) is 0 Å². The summed E-state index contributed by atoms with van der Waals surface area (Å²) < 4.78 is 0. The van der Waals surface area contributed by atoms with E-state index in [4.69, 9.17) is 0 Å². The Balaban J connectivity index is 1.71. The molecule has 0 spiro atoms. The van der Waals surface area contributed by atoms with Gasteiger partial charge in [0, 0.05) is 37.6 Å². The first-order valence-corrected chi connectivity index (χ1v) is 7.97. The van der Waals surface area contributed by atoms with Crippen LogP contribution in [0, 0.1) is 10.1 Å². The molecular formula is C17H20N4O3. The van der Waals surface area contributed by atoms with Gasteiger partial charge in [0.05, 0.1) is 11.0 Å². The standard InChI is InChI=1S/C17H20N4O3/c22-15-6-9-20(10-7-15)12-13-3-1-4-14(11-13)19-17-16(21(23)24)5-2-8-18-17/h1-5,8,11,15,22H,6-7,9-10,12H2,(H,18,19). The van der Waals surface area contributed by atoms with Crippen molar-refractivity contribution in [1.29, 1.82) is 0 Å². The summed E-state index contributed by atoms with van der Waals surface area (Å²) in [7, 11) is 0. The molecule has 0 atom stereocenters. The lowest BCUT2D eigenvalue weighted by molar-refractivity contribution is -0.384. The average Bonchev–Trinajstić information content (AvgIpc) is 2.58. The van der Waals surface area contributed by atoms with E-state index in [1.54, 1.807) is 6.07 Å². The Kier molecular flexibility index (Phi) is 5.02. The van der Waals surface area contributed by atoms with Crippen LogP contribution in [0.1, 0.15) is 18.4 Å². The molecule has 1 aliphatic rings. The number of benzene rings is 1. The molecule has 0 radical (unpaired) electrons. The van der Waals surface area contributed by atoms with Gasteiger partial charge in [-0.15, -0.1) is 0 Å². The lowest BCUT2D eigenvalue weighted by Gasteiger charge is -2.29. The van der Waals surface area contributed by atoms with Crippen molar-refractivity contribution >= 4 is 17.2 Å². The van der Waals surface area contributed by atoms with Crippen molar-refractivity contribution in [1.82, 2.24) is 9.88 Å². The number of rotatable bonds is 5. The predicted molar refractivity (Wildman–Crippen MR) is 91.1 cm³/mol. The van der Waals surface area contributed by atoms with Crippen molar-refractivity contribution in [3.8, 4) is 0 Å². The number of anilines is 2. The van der Waals surface area contributed by atoms with Crippen molar-refractivity contribution in [2.45, 2.75) is 25.5 Å². The Bertz CT molecular complexity index is 714. The summed E-state index contributed by atoms with van der Waals surface area (Å²) in [4.78, 5) is 17.0. The number of hydrogen-bond donors (Lipinski definition) is 2. The number of hydrogen-bond acceptors (Lipinski definition) is 6. The molecule has 1 saturated heterocycles. The van der Waals surface area contributed by atoms with Crippen LogP contribution in [0.2, 0.25) is 0 Å². The second-order valence-corrected chi connectivity index (χ2v) is 5.96.